The third-order valence-electron chi connectivity index (χ3n) is 3.59. The van der Waals surface area contributed by atoms with Gasteiger partial charge in [-0.1, -0.05) is 6.07 Å². The van der Waals surface area contributed by atoms with Gasteiger partial charge in [-0.25, -0.2) is 4.79 Å². The number of nitrogens with zero attached hydrogens (tertiary/aromatic N) is 1. The van der Waals surface area contributed by atoms with E-state index in [1.54, 1.807) is 23.5 Å². The minimum absolute atomic E-state index is 0.174. The number of para-hydroxylation sites is 1. The molecule has 1 N–H and O–H groups in total. The van der Waals surface area contributed by atoms with Crippen molar-refractivity contribution in [1.82, 2.24) is 0 Å². The summed E-state index contributed by atoms with van der Waals surface area (Å²) < 4.78 is 6.70. The van der Waals surface area contributed by atoms with Gasteiger partial charge in [0.2, 0.25) is 0 Å². The zero-order valence-electron chi connectivity index (χ0n) is 11.4. The van der Waals surface area contributed by atoms with Crippen LogP contribution in [0, 0.1) is 0 Å². The number of hydrogen-bond donors (Lipinski definition) is 1. The second kappa shape index (κ2) is 5.69. The predicted molar refractivity (Wildman–Crippen MR) is 86.7 cm³/mol. The monoisotopic (exact) mass is 367 g/mol. The van der Waals surface area contributed by atoms with Gasteiger partial charge in [-0.3, -0.25) is 0 Å². The Labute approximate surface area is 135 Å². The lowest BCUT2D eigenvalue weighted by Gasteiger charge is -2.36. The minimum atomic E-state index is -0.958. The van der Waals surface area contributed by atoms with E-state index in [4.69, 9.17) is 4.74 Å². The van der Waals surface area contributed by atoms with Crippen LogP contribution in [0.5, 0.6) is 5.75 Å². The van der Waals surface area contributed by atoms with E-state index in [2.05, 4.69) is 33.8 Å². The van der Waals surface area contributed by atoms with Crippen LogP contribution in [0.25, 0.3) is 0 Å². The van der Waals surface area contributed by atoms with E-state index < -0.39 is 5.97 Å². The summed E-state index contributed by atoms with van der Waals surface area (Å²) in [5.41, 5.74) is 1.06. The second-order valence-corrected chi connectivity index (χ2v) is 7.31. The summed E-state index contributed by atoms with van der Waals surface area (Å²) in [6.45, 7) is 3.36. The highest BCUT2D eigenvalue weighted by Crippen LogP contribution is 2.40. The van der Waals surface area contributed by atoms with Crippen molar-refractivity contribution in [3.05, 3.63) is 44.6 Å². The molecule has 0 amide bonds. The Morgan fingerprint density at radius 3 is 2.90 bits per heavy atom. The topological polar surface area (TPSA) is 49.8 Å². The fraction of sp³-hybridized carbons (Fsp3) is 0.267. The number of carbonyl (C=O) groups is 1. The highest BCUT2D eigenvalue weighted by molar-refractivity contribution is 9.11. The molecule has 21 heavy (non-hydrogen) atoms. The molecule has 0 bridgehead atoms. The Morgan fingerprint density at radius 2 is 2.24 bits per heavy atom. The molecule has 3 rings (SSSR count). The molecule has 0 radical (unpaired) electrons. The molecule has 0 aliphatic carbocycles. The number of carboxylic acids is 1. The number of anilines is 1. The van der Waals surface area contributed by atoms with Crippen LogP contribution in [0.15, 0.2) is 34.1 Å². The highest BCUT2D eigenvalue weighted by Gasteiger charge is 2.27. The zero-order valence-corrected chi connectivity index (χ0v) is 13.8. The number of benzene rings is 1. The average Bonchev–Trinajstić information content (AvgIpc) is 2.91. The van der Waals surface area contributed by atoms with Gasteiger partial charge in [-0.2, -0.15) is 0 Å². The number of thiophene rings is 1. The molecule has 1 atom stereocenters. The van der Waals surface area contributed by atoms with Gasteiger partial charge in [-0.05, 0) is 47.1 Å². The molecule has 1 unspecified atom stereocenters. The second-order valence-electron chi connectivity index (χ2n) is 4.82. The largest absolute Gasteiger partial charge is 0.489 e. The fourth-order valence-corrected chi connectivity index (χ4v) is 4.03. The number of aromatic carboxylic acids is 1. The molecule has 4 nitrogen and oxygen atoms in total. The standard InChI is InChI=1S/C15H14BrNO3S/c1-9(12-5-6-13(16)21-12)17-7-8-20-14-10(15(18)19)3-2-4-11(14)17/h2-6,9H,7-8H2,1H3,(H,18,19). The number of hydrogen-bond acceptors (Lipinski definition) is 4. The van der Waals surface area contributed by atoms with E-state index >= 15 is 0 Å². The van der Waals surface area contributed by atoms with Crippen LogP contribution in [-0.2, 0) is 0 Å². The summed E-state index contributed by atoms with van der Waals surface area (Å²) in [4.78, 5) is 14.7. The van der Waals surface area contributed by atoms with E-state index in [1.165, 1.54) is 4.88 Å². The lowest BCUT2D eigenvalue weighted by atomic mass is 10.1. The van der Waals surface area contributed by atoms with Gasteiger partial charge in [-0.15, -0.1) is 11.3 Å². The van der Waals surface area contributed by atoms with E-state index in [0.29, 0.717) is 12.4 Å². The molecule has 0 spiro atoms. The van der Waals surface area contributed by atoms with Gasteiger partial charge >= 0.3 is 5.97 Å². The van der Waals surface area contributed by atoms with Gasteiger partial charge in [0.05, 0.1) is 22.1 Å². The molecule has 1 aromatic heterocycles. The lowest BCUT2D eigenvalue weighted by Crippen LogP contribution is -2.35. The molecule has 110 valence electrons. The number of fused-ring (bicyclic) bond motifs is 1. The minimum Gasteiger partial charge on any atom is -0.489 e. The van der Waals surface area contributed by atoms with Crippen LogP contribution in [0.1, 0.15) is 28.2 Å². The first-order chi connectivity index (χ1) is 10.1. The first-order valence-corrected chi connectivity index (χ1v) is 8.20. The molecule has 0 saturated carbocycles. The summed E-state index contributed by atoms with van der Waals surface area (Å²) >= 11 is 5.18. The van der Waals surface area contributed by atoms with E-state index in [9.17, 15) is 9.90 Å². The van der Waals surface area contributed by atoms with Gasteiger partial charge in [0.15, 0.2) is 5.75 Å². The number of halogens is 1. The van der Waals surface area contributed by atoms with Crippen LogP contribution in [0.4, 0.5) is 5.69 Å². The normalized spacial score (nSPS) is 15.2. The van der Waals surface area contributed by atoms with Crippen molar-refractivity contribution in [2.75, 3.05) is 18.1 Å². The summed E-state index contributed by atoms with van der Waals surface area (Å²) in [5.74, 6) is -0.487. The number of carboxylic acid groups (broad SMARTS) is 1. The molecule has 6 heteroatoms. The van der Waals surface area contributed by atoms with Crippen molar-refractivity contribution >= 4 is 38.9 Å². The number of rotatable bonds is 3. The van der Waals surface area contributed by atoms with E-state index in [0.717, 1.165) is 16.0 Å². The molecule has 1 aliphatic heterocycles. The summed E-state index contributed by atoms with van der Waals surface area (Å²) in [5, 5.41) is 9.28. The van der Waals surface area contributed by atoms with Crippen LogP contribution >= 0.6 is 27.3 Å². The Hall–Kier alpha value is -1.53. The van der Waals surface area contributed by atoms with Gasteiger partial charge in [0.1, 0.15) is 12.2 Å². The zero-order chi connectivity index (χ0) is 15.0. The maximum atomic E-state index is 11.3. The van der Waals surface area contributed by atoms with Crippen LogP contribution in [0.2, 0.25) is 0 Å². The van der Waals surface area contributed by atoms with Crippen LogP contribution < -0.4 is 9.64 Å². The first kappa shape index (κ1) is 14.4. The Balaban J connectivity index is 2.01. The maximum absolute atomic E-state index is 11.3. The lowest BCUT2D eigenvalue weighted by molar-refractivity contribution is 0.0692. The molecular weight excluding hydrogens is 354 g/mol. The third kappa shape index (κ3) is 2.65. The maximum Gasteiger partial charge on any atom is 0.339 e. The van der Waals surface area contributed by atoms with Crippen molar-refractivity contribution in [3.8, 4) is 5.75 Å². The fourth-order valence-electron chi connectivity index (χ4n) is 2.55. The summed E-state index contributed by atoms with van der Waals surface area (Å²) in [6, 6.07) is 9.56. The van der Waals surface area contributed by atoms with E-state index in [1.807, 2.05) is 12.1 Å². The smallest absolute Gasteiger partial charge is 0.339 e. The molecule has 2 heterocycles. The quantitative estimate of drug-likeness (QED) is 0.884. The Morgan fingerprint density at radius 1 is 1.43 bits per heavy atom. The van der Waals surface area contributed by atoms with Crippen molar-refractivity contribution in [2.24, 2.45) is 0 Å². The SMILES string of the molecule is CC(c1ccc(Br)s1)N1CCOc2c(C(=O)O)cccc21. The van der Waals surface area contributed by atoms with Crippen molar-refractivity contribution in [1.29, 1.82) is 0 Å². The van der Waals surface area contributed by atoms with Crippen molar-refractivity contribution in [3.63, 3.8) is 0 Å². The molecular formula is C15H14BrNO3S. The number of ether oxygens (including phenoxy) is 1. The molecule has 0 fully saturated rings. The summed E-state index contributed by atoms with van der Waals surface area (Å²) in [6.07, 6.45) is 0. The summed E-state index contributed by atoms with van der Waals surface area (Å²) in [7, 11) is 0. The molecule has 1 aliphatic rings. The van der Waals surface area contributed by atoms with Crippen LogP contribution in [-0.4, -0.2) is 24.2 Å². The predicted octanol–water partition coefficient (Wildman–Crippen LogP) is 4.17. The molecule has 0 saturated heterocycles. The van der Waals surface area contributed by atoms with Crippen molar-refractivity contribution < 1.29 is 14.6 Å². The molecule has 2 aromatic rings. The Bertz CT molecular complexity index is 685. The third-order valence-corrected chi connectivity index (χ3v) is 5.38. The first-order valence-electron chi connectivity index (χ1n) is 6.59. The van der Waals surface area contributed by atoms with Crippen molar-refractivity contribution in [2.45, 2.75) is 13.0 Å². The van der Waals surface area contributed by atoms with Gasteiger partial charge < -0.3 is 14.7 Å². The molecule has 1 aromatic carbocycles. The van der Waals surface area contributed by atoms with Crippen LogP contribution in [0.3, 0.4) is 0 Å². The van der Waals surface area contributed by atoms with Gasteiger partial charge in [0, 0.05) is 4.88 Å². The Kier molecular flexibility index (Phi) is 3.91. The van der Waals surface area contributed by atoms with E-state index in [-0.39, 0.29) is 11.6 Å². The average molecular weight is 368 g/mol. The van der Waals surface area contributed by atoms with Gasteiger partial charge in [0.25, 0.3) is 0 Å². The highest BCUT2D eigenvalue weighted by atomic mass is 79.9.